The average Bonchev–Trinajstić information content (AvgIpc) is 2.85. The number of carbonyl (C=O) groups excluding carboxylic acids is 1. The summed E-state index contributed by atoms with van der Waals surface area (Å²) in [7, 11) is 0. The first kappa shape index (κ1) is 16.2. The highest BCUT2D eigenvalue weighted by atomic mass is 32.1. The predicted molar refractivity (Wildman–Crippen MR) is 80.6 cm³/mol. The van der Waals surface area contributed by atoms with E-state index in [1.807, 2.05) is 17.5 Å². The molecule has 0 unspecified atom stereocenters. The van der Waals surface area contributed by atoms with Gasteiger partial charge in [0.1, 0.15) is 11.3 Å². The lowest BCUT2D eigenvalue weighted by Gasteiger charge is -2.26. The summed E-state index contributed by atoms with van der Waals surface area (Å²) < 4.78 is 5.32. The van der Waals surface area contributed by atoms with Crippen molar-refractivity contribution in [3.05, 3.63) is 35.0 Å². The van der Waals surface area contributed by atoms with Crippen LogP contribution in [-0.2, 0) is 4.74 Å². The molecule has 0 fully saturated rings. The van der Waals surface area contributed by atoms with Crippen LogP contribution < -0.4 is 0 Å². The van der Waals surface area contributed by atoms with E-state index in [2.05, 4.69) is 11.7 Å². The molecule has 0 aliphatic rings. The number of carbonyl (C=O) groups is 1. The van der Waals surface area contributed by atoms with E-state index in [9.17, 15) is 4.79 Å². The zero-order valence-corrected chi connectivity index (χ0v) is 12.8. The van der Waals surface area contributed by atoms with E-state index >= 15 is 0 Å². The third-order valence-corrected chi connectivity index (χ3v) is 3.19. The van der Waals surface area contributed by atoms with Gasteiger partial charge in [-0.05, 0) is 32.2 Å². The second kappa shape index (κ2) is 7.09. The van der Waals surface area contributed by atoms with E-state index in [1.54, 1.807) is 26.8 Å². The highest BCUT2D eigenvalue weighted by Crippen LogP contribution is 2.14. The van der Waals surface area contributed by atoms with Gasteiger partial charge in [0.15, 0.2) is 0 Å². The number of oxime groups is 1. The Bertz CT molecular complexity index is 475. The van der Waals surface area contributed by atoms with Gasteiger partial charge in [-0.2, -0.15) is 0 Å². The maximum Gasteiger partial charge on any atom is 0.410 e. The molecule has 1 aromatic rings. The van der Waals surface area contributed by atoms with Crippen LogP contribution in [0.2, 0.25) is 0 Å². The van der Waals surface area contributed by atoms with Gasteiger partial charge in [0, 0.05) is 6.54 Å². The topological polar surface area (TPSA) is 62.1 Å². The Kier molecular flexibility index (Phi) is 5.76. The molecule has 1 heterocycles. The lowest BCUT2D eigenvalue weighted by atomic mass is 10.2. The van der Waals surface area contributed by atoms with Crippen molar-refractivity contribution >= 4 is 23.1 Å². The Balaban J connectivity index is 2.81. The van der Waals surface area contributed by atoms with Crippen LogP contribution in [0.25, 0.3) is 0 Å². The Labute approximate surface area is 123 Å². The number of nitrogens with zero attached hydrogens (tertiary/aromatic N) is 2. The molecule has 0 spiro atoms. The van der Waals surface area contributed by atoms with Crippen LogP contribution in [0.5, 0.6) is 0 Å². The third kappa shape index (κ3) is 5.05. The van der Waals surface area contributed by atoms with Crippen molar-refractivity contribution in [1.29, 1.82) is 0 Å². The second-order valence-corrected chi connectivity index (χ2v) is 6.12. The zero-order chi connectivity index (χ0) is 15.2. The molecule has 5 nitrogen and oxygen atoms in total. The minimum atomic E-state index is -0.573. The molecule has 0 aliphatic heterocycles. The van der Waals surface area contributed by atoms with Gasteiger partial charge in [-0.1, -0.05) is 17.3 Å². The first-order valence-corrected chi connectivity index (χ1v) is 7.09. The molecule has 1 N–H and O–H groups in total. The number of rotatable bonds is 5. The van der Waals surface area contributed by atoms with Gasteiger partial charge in [-0.25, -0.2) is 4.79 Å². The van der Waals surface area contributed by atoms with Crippen LogP contribution in [0, 0.1) is 0 Å². The number of hydrogen-bond donors (Lipinski definition) is 1. The van der Waals surface area contributed by atoms with Crippen LogP contribution in [0.1, 0.15) is 25.6 Å². The van der Waals surface area contributed by atoms with Gasteiger partial charge < -0.3 is 9.94 Å². The first-order chi connectivity index (χ1) is 9.37. The summed E-state index contributed by atoms with van der Waals surface area (Å²) in [6.07, 6.45) is 1.14. The van der Waals surface area contributed by atoms with Gasteiger partial charge in [0.25, 0.3) is 0 Å². The SMILES string of the molecule is C=CCN(C/C(=N/O)c1cccs1)C(=O)OC(C)(C)C. The number of thiophene rings is 1. The molecule has 0 aliphatic carbocycles. The normalized spacial score (nSPS) is 12.1. The van der Waals surface area contributed by atoms with Crippen LogP contribution in [0.3, 0.4) is 0 Å². The maximum atomic E-state index is 12.1. The summed E-state index contributed by atoms with van der Waals surface area (Å²) >= 11 is 1.45. The molecule has 20 heavy (non-hydrogen) atoms. The predicted octanol–water partition coefficient (Wildman–Crippen LogP) is 3.35. The van der Waals surface area contributed by atoms with Crippen molar-refractivity contribution in [2.45, 2.75) is 26.4 Å². The standard InChI is InChI=1S/C14H20N2O3S/c1-5-8-16(13(17)19-14(2,3)4)10-11(15-18)12-7-6-9-20-12/h5-7,9,18H,1,8,10H2,2-4H3/b15-11-. The van der Waals surface area contributed by atoms with Crippen LogP contribution in [0.15, 0.2) is 35.3 Å². The molecular formula is C14H20N2O3S. The average molecular weight is 296 g/mol. The summed E-state index contributed by atoms with van der Waals surface area (Å²) in [6.45, 7) is 9.52. The largest absolute Gasteiger partial charge is 0.444 e. The number of amides is 1. The highest BCUT2D eigenvalue weighted by Gasteiger charge is 2.23. The molecule has 0 bridgehead atoms. The van der Waals surface area contributed by atoms with E-state index in [0.717, 1.165) is 4.88 Å². The Morgan fingerprint density at radius 2 is 2.30 bits per heavy atom. The van der Waals surface area contributed by atoms with Crippen LogP contribution in [0.4, 0.5) is 4.79 Å². The molecule has 1 amide bonds. The minimum Gasteiger partial charge on any atom is -0.444 e. The van der Waals surface area contributed by atoms with Crippen molar-refractivity contribution < 1.29 is 14.7 Å². The molecule has 1 aromatic heterocycles. The quantitative estimate of drug-likeness (QED) is 0.392. The van der Waals surface area contributed by atoms with Crippen molar-refractivity contribution in [3.8, 4) is 0 Å². The third-order valence-electron chi connectivity index (χ3n) is 2.27. The van der Waals surface area contributed by atoms with Gasteiger partial charge >= 0.3 is 6.09 Å². The number of ether oxygens (including phenoxy) is 1. The smallest absolute Gasteiger partial charge is 0.410 e. The molecule has 0 saturated carbocycles. The van der Waals surface area contributed by atoms with Crippen molar-refractivity contribution in [1.82, 2.24) is 4.90 Å². The lowest BCUT2D eigenvalue weighted by molar-refractivity contribution is 0.0298. The molecule has 0 radical (unpaired) electrons. The molecule has 0 aromatic carbocycles. The summed E-state index contributed by atoms with van der Waals surface area (Å²) in [6, 6.07) is 3.69. The fraction of sp³-hybridized carbons (Fsp3) is 0.429. The van der Waals surface area contributed by atoms with E-state index in [-0.39, 0.29) is 6.54 Å². The molecular weight excluding hydrogens is 276 g/mol. The molecule has 0 saturated heterocycles. The fourth-order valence-corrected chi connectivity index (χ4v) is 2.17. The van der Waals surface area contributed by atoms with Crippen molar-refractivity contribution in [2.75, 3.05) is 13.1 Å². The van der Waals surface area contributed by atoms with E-state index < -0.39 is 11.7 Å². The fourth-order valence-electron chi connectivity index (χ4n) is 1.47. The second-order valence-electron chi connectivity index (χ2n) is 5.17. The maximum absolute atomic E-state index is 12.1. The van der Waals surface area contributed by atoms with Crippen molar-refractivity contribution in [2.24, 2.45) is 5.16 Å². The van der Waals surface area contributed by atoms with Gasteiger partial charge in [0.2, 0.25) is 0 Å². The summed E-state index contributed by atoms with van der Waals surface area (Å²) in [4.78, 5) is 14.3. The summed E-state index contributed by atoms with van der Waals surface area (Å²) in [5.41, 5.74) is -0.150. The molecule has 6 heteroatoms. The van der Waals surface area contributed by atoms with Crippen LogP contribution in [-0.4, -0.2) is 40.6 Å². The van der Waals surface area contributed by atoms with E-state index in [1.165, 1.54) is 16.2 Å². The van der Waals surface area contributed by atoms with Crippen LogP contribution >= 0.6 is 11.3 Å². The van der Waals surface area contributed by atoms with E-state index in [4.69, 9.17) is 9.94 Å². The summed E-state index contributed by atoms with van der Waals surface area (Å²) in [5, 5.41) is 14.3. The van der Waals surface area contributed by atoms with Gasteiger partial charge in [0.05, 0.1) is 11.4 Å². The zero-order valence-electron chi connectivity index (χ0n) is 12.0. The minimum absolute atomic E-state index is 0.165. The van der Waals surface area contributed by atoms with Gasteiger partial charge in [-0.3, -0.25) is 4.90 Å². The Morgan fingerprint density at radius 1 is 1.60 bits per heavy atom. The first-order valence-electron chi connectivity index (χ1n) is 6.21. The Hall–Kier alpha value is -1.82. The molecule has 0 atom stereocenters. The number of hydrogen-bond acceptors (Lipinski definition) is 5. The molecule has 110 valence electrons. The Morgan fingerprint density at radius 3 is 2.75 bits per heavy atom. The molecule has 1 rings (SSSR count). The van der Waals surface area contributed by atoms with Crippen molar-refractivity contribution in [3.63, 3.8) is 0 Å². The van der Waals surface area contributed by atoms with Gasteiger partial charge in [-0.15, -0.1) is 17.9 Å². The monoisotopic (exact) mass is 296 g/mol. The summed E-state index contributed by atoms with van der Waals surface area (Å²) in [5.74, 6) is 0. The lowest BCUT2D eigenvalue weighted by Crippen LogP contribution is -2.40. The highest BCUT2D eigenvalue weighted by molar-refractivity contribution is 7.12. The van der Waals surface area contributed by atoms with E-state index in [0.29, 0.717) is 12.3 Å².